The van der Waals surface area contributed by atoms with E-state index in [-0.39, 0.29) is 5.75 Å². The first-order valence-electron chi connectivity index (χ1n) is 8.73. The number of nitrogens with zero attached hydrogens (tertiary/aromatic N) is 1. The number of ether oxygens (including phenoxy) is 4. The lowest BCUT2D eigenvalue weighted by atomic mass is 10.1. The molecule has 0 aliphatic heterocycles. The highest BCUT2D eigenvalue weighted by Crippen LogP contribution is 2.40. The second kappa shape index (κ2) is 8.81. The molecule has 0 atom stereocenters. The number of nitrogens with one attached hydrogen (secondary N) is 1. The number of benzene rings is 2. The molecule has 9 heteroatoms. The number of hydrogen-bond acceptors (Lipinski definition) is 6. The Hall–Kier alpha value is -3.62. The maximum absolute atomic E-state index is 12.5. The van der Waals surface area contributed by atoms with Crippen molar-refractivity contribution in [2.45, 2.75) is 6.36 Å². The van der Waals surface area contributed by atoms with E-state index in [0.717, 1.165) is 0 Å². The van der Waals surface area contributed by atoms with Gasteiger partial charge in [-0.1, -0.05) is 18.2 Å². The van der Waals surface area contributed by atoms with E-state index in [9.17, 15) is 13.2 Å². The van der Waals surface area contributed by atoms with Gasteiger partial charge in [0.05, 0.1) is 27.0 Å². The average molecular weight is 420 g/mol. The highest BCUT2D eigenvalue weighted by molar-refractivity contribution is 5.69. The van der Waals surface area contributed by atoms with Crippen LogP contribution < -0.4 is 24.3 Å². The van der Waals surface area contributed by atoms with Crippen LogP contribution in [0.25, 0.3) is 11.3 Å². The lowest BCUT2D eigenvalue weighted by Gasteiger charge is -2.15. The number of rotatable bonds is 7. The fourth-order valence-electron chi connectivity index (χ4n) is 2.82. The molecule has 0 bridgehead atoms. The predicted molar refractivity (Wildman–Crippen MR) is 106 cm³/mol. The molecule has 0 saturated carbocycles. The normalized spacial score (nSPS) is 11.0. The van der Waals surface area contributed by atoms with Gasteiger partial charge in [-0.3, -0.25) is 0 Å². The van der Waals surface area contributed by atoms with Gasteiger partial charge < -0.3 is 24.3 Å². The standard InChI is InChI=1S/C21H19F3N2O4/c1-27-17-11-14(12-18(28-2)20(17)29-3)25-19-9-5-8-16(26-19)13-6-4-7-15(10-13)30-21(22,23)24/h4-12H,1-3H3,(H,25,26). The van der Waals surface area contributed by atoms with Crippen molar-refractivity contribution >= 4 is 11.5 Å². The molecule has 1 heterocycles. The van der Waals surface area contributed by atoms with E-state index < -0.39 is 6.36 Å². The number of aromatic nitrogens is 1. The highest BCUT2D eigenvalue weighted by Gasteiger charge is 2.31. The van der Waals surface area contributed by atoms with Crippen molar-refractivity contribution in [3.8, 4) is 34.3 Å². The summed E-state index contributed by atoms with van der Waals surface area (Å²) in [5, 5.41) is 3.13. The van der Waals surface area contributed by atoms with E-state index in [2.05, 4.69) is 15.0 Å². The third kappa shape index (κ3) is 5.05. The summed E-state index contributed by atoms with van der Waals surface area (Å²) in [4.78, 5) is 4.47. The van der Waals surface area contributed by atoms with Gasteiger partial charge in [0.15, 0.2) is 11.5 Å². The summed E-state index contributed by atoms with van der Waals surface area (Å²) < 4.78 is 57.4. The van der Waals surface area contributed by atoms with E-state index in [0.29, 0.717) is 40.0 Å². The number of halogens is 3. The van der Waals surface area contributed by atoms with Gasteiger partial charge in [0.25, 0.3) is 0 Å². The van der Waals surface area contributed by atoms with E-state index in [1.54, 1.807) is 36.4 Å². The maximum Gasteiger partial charge on any atom is 0.573 e. The van der Waals surface area contributed by atoms with E-state index in [1.165, 1.54) is 39.5 Å². The molecular weight excluding hydrogens is 401 g/mol. The smallest absolute Gasteiger partial charge is 0.493 e. The van der Waals surface area contributed by atoms with Crippen molar-refractivity contribution in [1.29, 1.82) is 0 Å². The van der Waals surface area contributed by atoms with Gasteiger partial charge in [-0.25, -0.2) is 4.98 Å². The van der Waals surface area contributed by atoms with Crippen molar-refractivity contribution in [2.75, 3.05) is 26.6 Å². The fraction of sp³-hybridized carbons (Fsp3) is 0.190. The largest absolute Gasteiger partial charge is 0.573 e. The summed E-state index contributed by atoms with van der Waals surface area (Å²) in [6.45, 7) is 0. The Morgan fingerprint density at radius 1 is 0.833 bits per heavy atom. The molecule has 0 radical (unpaired) electrons. The quantitative estimate of drug-likeness (QED) is 0.551. The average Bonchev–Trinajstić information content (AvgIpc) is 2.72. The summed E-state index contributed by atoms with van der Waals surface area (Å²) >= 11 is 0. The third-order valence-corrected chi connectivity index (χ3v) is 4.05. The molecule has 0 fully saturated rings. The fourth-order valence-corrected chi connectivity index (χ4v) is 2.82. The molecule has 0 spiro atoms. The number of hydrogen-bond donors (Lipinski definition) is 1. The van der Waals surface area contributed by atoms with Crippen molar-refractivity contribution in [3.05, 3.63) is 54.6 Å². The Labute approximate surface area is 171 Å². The molecule has 1 aromatic heterocycles. The number of alkyl halides is 3. The Balaban J connectivity index is 1.89. The lowest BCUT2D eigenvalue weighted by molar-refractivity contribution is -0.274. The maximum atomic E-state index is 12.5. The monoisotopic (exact) mass is 420 g/mol. The molecule has 2 aromatic carbocycles. The Bertz CT molecular complexity index is 1000. The first-order valence-corrected chi connectivity index (χ1v) is 8.73. The molecule has 0 aliphatic rings. The van der Waals surface area contributed by atoms with Gasteiger partial charge in [-0.05, 0) is 24.3 Å². The van der Waals surface area contributed by atoms with E-state index in [1.807, 2.05) is 0 Å². The third-order valence-electron chi connectivity index (χ3n) is 4.05. The van der Waals surface area contributed by atoms with Crippen LogP contribution in [0.15, 0.2) is 54.6 Å². The summed E-state index contributed by atoms with van der Waals surface area (Å²) in [7, 11) is 4.53. The van der Waals surface area contributed by atoms with Gasteiger partial charge >= 0.3 is 6.36 Å². The molecule has 158 valence electrons. The summed E-state index contributed by atoms with van der Waals surface area (Å²) in [6, 6.07) is 14.2. The summed E-state index contributed by atoms with van der Waals surface area (Å²) in [5.74, 6) is 1.54. The zero-order chi connectivity index (χ0) is 21.7. The number of anilines is 2. The first kappa shape index (κ1) is 21.1. The minimum Gasteiger partial charge on any atom is -0.493 e. The van der Waals surface area contributed by atoms with Crippen LogP contribution in [-0.4, -0.2) is 32.7 Å². The van der Waals surface area contributed by atoms with Gasteiger partial charge in [-0.15, -0.1) is 13.2 Å². The predicted octanol–water partition coefficient (Wildman–Crippen LogP) is 5.42. The van der Waals surface area contributed by atoms with Crippen molar-refractivity contribution < 1.29 is 32.1 Å². The molecule has 3 aromatic rings. The van der Waals surface area contributed by atoms with Crippen LogP contribution in [0.1, 0.15) is 0 Å². The Morgan fingerprint density at radius 3 is 2.10 bits per heavy atom. The molecule has 30 heavy (non-hydrogen) atoms. The number of methoxy groups -OCH3 is 3. The van der Waals surface area contributed by atoms with Gasteiger partial charge in [0.2, 0.25) is 5.75 Å². The SMILES string of the molecule is COc1cc(Nc2cccc(-c3cccc(OC(F)(F)F)c3)n2)cc(OC)c1OC. The van der Waals surface area contributed by atoms with E-state index in [4.69, 9.17) is 14.2 Å². The molecule has 0 aliphatic carbocycles. The molecular formula is C21H19F3N2O4. The van der Waals surface area contributed by atoms with Crippen molar-refractivity contribution in [3.63, 3.8) is 0 Å². The van der Waals surface area contributed by atoms with Crippen LogP contribution in [-0.2, 0) is 0 Å². The molecule has 3 rings (SSSR count). The van der Waals surface area contributed by atoms with Crippen LogP contribution in [0.5, 0.6) is 23.0 Å². The molecule has 0 amide bonds. The summed E-state index contributed by atoms with van der Waals surface area (Å²) in [5.41, 5.74) is 1.58. The van der Waals surface area contributed by atoms with Crippen LogP contribution in [0.3, 0.4) is 0 Å². The van der Waals surface area contributed by atoms with Crippen LogP contribution >= 0.6 is 0 Å². The first-order chi connectivity index (χ1) is 14.3. The zero-order valence-corrected chi connectivity index (χ0v) is 16.4. The van der Waals surface area contributed by atoms with Gasteiger partial charge in [0.1, 0.15) is 11.6 Å². The minimum atomic E-state index is -4.76. The highest BCUT2D eigenvalue weighted by atomic mass is 19.4. The van der Waals surface area contributed by atoms with E-state index >= 15 is 0 Å². The van der Waals surface area contributed by atoms with Crippen molar-refractivity contribution in [1.82, 2.24) is 4.98 Å². The molecule has 6 nitrogen and oxygen atoms in total. The van der Waals surface area contributed by atoms with Crippen LogP contribution in [0, 0.1) is 0 Å². The lowest BCUT2D eigenvalue weighted by Crippen LogP contribution is -2.17. The molecule has 0 unspecified atom stereocenters. The topological polar surface area (TPSA) is 61.8 Å². The molecule has 1 N–H and O–H groups in total. The zero-order valence-electron chi connectivity index (χ0n) is 16.4. The van der Waals surface area contributed by atoms with Crippen LogP contribution in [0.2, 0.25) is 0 Å². The Morgan fingerprint density at radius 2 is 1.50 bits per heavy atom. The minimum absolute atomic E-state index is 0.315. The Kier molecular flexibility index (Phi) is 6.20. The molecule has 0 saturated heterocycles. The second-order valence-corrected chi connectivity index (χ2v) is 6.02. The van der Waals surface area contributed by atoms with Crippen molar-refractivity contribution in [2.24, 2.45) is 0 Å². The van der Waals surface area contributed by atoms with Gasteiger partial charge in [-0.2, -0.15) is 0 Å². The summed E-state index contributed by atoms with van der Waals surface area (Å²) in [6.07, 6.45) is -4.76. The second-order valence-electron chi connectivity index (χ2n) is 6.02. The van der Waals surface area contributed by atoms with Crippen LogP contribution in [0.4, 0.5) is 24.7 Å². The number of pyridine rings is 1. The van der Waals surface area contributed by atoms with Gasteiger partial charge in [0, 0.05) is 23.4 Å².